The summed E-state index contributed by atoms with van der Waals surface area (Å²) in [7, 11) is 0. The molecule has 2 aliphatic rings. The Bertz CT molecular complexity index is 662. The van der Waals surface area contributed by atoms with E-state index in [4.69, 9.17) is 9.47 Å². The molecule has 1 aromatic rings. The summed E-state index contributed by atoms with van der Waals surface area (Å²) in [4.78, 5) is 25.2. The lowest BCUT2D eigenvalue weighted by molar-refractivity contribution is -0.910. The summed E-state index contributed by atoms with van der Waals surface area (Å²) in [5.74, 6) is 1.65. The molecule has 26 heavy (non-hydrogen) atoms. The van der Waals surface area contributed by atoms with Crippen LogP contribution in [0.5, 0.6) is 11.5 Å². The van der Waals surface area contributed by atoms with Crippen LogP contribution in [0.2, 0.25) is 0 Å². The number of amides is 3. The summed E-state index contributed by atoms with van der Waals surface area (Å²) in [6.45, 7) is 6.91. The van der Waals surface area contributed by atoms with Gasteiger partial charge in [0.1, 0.15) is 19.3 Å². The van der Waals surface area contributed by atoms with Gasteiger partial charge in [-0.3, -0.25) is 10.1 Å². The van der Waals surface area contributed by atoms with Crippen LogP contribution in [0.4, 0.5) is 4.79 Å². The average Bonchev–Trinajstić information content (AvgIpc) is 3.07. The van der Waals surface area contributed by atoms with Gasteiger partial charge in [-0.2, -0.15) is 0 Å². The van der Waals surface area contributed by atoms with Crippen LogP contribution >= 0.6 is 0 Å². The Balaban J connectivity index is 1.58. The largest absolute Gasteiger partial charge is 0.486 e. The third-order valence-electron chi connectivity index (χ3n) is 4.76. The average molecular weight is 362 g/mol. The van der Waals surface area contributed by atoms with E-state index < -0.39 is 6.03 Å². The van der Waals surface area contributed by atoms with Crippen LogP contribution < -0.4 is 25.0 Å². The van der Waals surface area contributed by atoms with Gasteiger partial charge in [0, 0.05) is 24.9 Å². The fourth-order valence-corrected chi connectivity index (χ4v) is 3.52. The molecule has 142 valence electrons. The van der Waals surface area contributed by atoms with E-state index in [0.717, 1.165) is 36.4 Å². The minimum absolute atomic E-state index is 0.232. The normalized spacial score (nSPS) is 21.5. The van der Waals surface area contributed by atoms with E-state index in [2.05, 4.69) is 16.7 Å². The van der Waals surface area contributed by atoms with Gasteiger partial charge in [0.2, 0.25) is 0 Å². The van der Waals surface area contributed by atoms with E-state index in [1.54, 1.807) is 0 Å². The summed E-state index contributed by atoms with van der Waals surface area (Å²) in [5, 5.41) is 5.13. The second-order valence-corrected chi connectivity index (χ2v) is 7.33. The third kappa shape index (κ3) is 4.66. The van der Waals surface area contributed by atoms with Gasteiger partial charge in [0.05, 0.1) is 6.54 Å². The number of likely N-dealkylation sites (tertiary alicyclic amines) is 1. The SMILES string of the molecule is CC(C)CNC(=O)NC(=O)C[NH+]1CCC[C@H]1c1ccc2c(c1)OCCO2. The van der Waals surface area contributed by atoms with Crippen LogP contribution in [0.1, 0.15) is 38.3 Å². The van der Waals surface area contributed by atoms with Crippen LogP contribution in [0.25, 0.3) is 0 Å². The minimum atomic E-state index is -0.418. The topological polar surface area (TPSA) is 81.1 Å². The molecule has 7 nitrogen and oxygen atoms in total. The van der Waals surface area contributed by atoms with Crippen molar-refractivity contribution in [3.63, 3.8) is 0 Å². The number of hydrogen-bond acceptors (Lipinski definition) is 4. The fourth-order valence-electron chi connectivity index (χ4n) is 3.52. The fraction of sp³-hybridized carbons (Fsp3) is 0.579. The number of quaternary nitrogens is 1. The highest BCUT2D eigenvalue weighted by molar-refractivity contribution is 5.94. The first-order valence-corrected chi connectivity index (χ1v) is 9.34. The predicted octanol–water partition coefficient (Wildman–Crippen LogP) is 0.659. The first kappa shape index (κ1) is 18.5. The van der Waals surface area contributed by atoms with Crippen molar-refractivity contribution < 1.29 is 24.0 Å². The van der Waals surface area contributed by atoms with E-state index in [9.17, 15) is 9.59 Å². The molecule has 3 amide bonds. The summed E-state index contributed by atoms with van der Waals surface area (Å²) in [6, 6.07) is 5.83. The highest BCUT2D eigenvalue weighted by atomic mass is 16.6. The molecule has 0 radical (unpaired) electrons. The summed E-state index contributed by atoms with van der Waals surface area (Å²) < 4.78 is 11.2. The highest BCUT2D eigenvalue weighted by Gasteiger charge is 2.32. The number of ether oxygens (including phenoxy) is 2. The first-order chi connectivity index (χ1) is 12.5. The van der Waals surface area contributed by atoms with Crippen LogP contribution in [-0.2, 0) is 4.79 Å². The van der Waals surface area contributed by atoms with Crippen molar-refractivity contribution >= 4 is 11.9 Å². The van der Waals surface area contributed by atoms with Gasteiger partial charge in [-0.1, -0.05) is 13.8 Å². The zero-order valence-electron chi connectivity index (χ0n) is 15.5. The Morgan fingerprint density at radius 3 is 2.77 bits per heavy atom. The van der Waals surface area contributed by atoms with Crippen molar-refractivity contribution in [2.24, 2.45) is 5.92 Å². The number of imide groups is 1. The van der Waals surface area contributed by atoms with Gasteiger partial charge in [0.25, 0.3) is 5.91 Å². The lowest BCUT2D eigenvalue weighted by Crippen LogP contribution is -3.11. The van der Waals surface area contributed by atoms with Gasteiger partial charge in [0.15, 0.2) is 18.0 Å². The molecule has 1 unspecified atom stereocenters. The summed E-state index contributed by atoms with van der Waals surface area (Å²) in [6.07, 6.45) is 2.07. The minimum Gasteiger partial charge on any atom is -0.486 e. The number of fused-ring (bicyclic) bond motifs is 1. The van der Waals surface area contributed by atoms with Gasteiger partial charge < -0.3 is 19.7 Å². The van der Waals surface area contributed by atoms with Crippen LogP contribution in [-0.4, -0.2) is 44.8 Å². The monoisotopic (exact) mass is 362 g/mol. The van der Waals surface area contributed by atoms with Crippen LogP contribution in [0.15, 0.2) is 18.2 Å². The molecule has 0 aliphatic carbocycles. The number of carbonyl (C=O) groups excluding carboxylic acids is 2. The van der Waals surface area contributed by atoms with Crippen molar-refractivity contribution in [2.45, 2.75) is 32.7 Å². The van der Waals surface area contributed by atoms with E-state index >= 15 is 0 Å². The molecular formula is C19H28N3O4+. The molecule has 3 N–H and O–H groups in total. The molecular weight excluding hydrogens is 334 g/mol. The summed E-state index contributed by atoms with van der Waals surface area (Å²) >= 11 is 0. The number of carbonyl (C=O) groups is 2. The van der Waals surface area contributed by atoms with Gasteiger partial charge in [-0.05, 0) is 24.1 Å². The van der Waals surface area contributed by atoms with Crippen molar-refractivity contribution in [1.82, 2.24) is 10.6 Å². The molecule has 0 spiro atoms. The molecule has 2 heterocycles. The number of hydrogen-bond donors (Lipinski definition) is 3. The standard InChI is InChI=1S/C19H27N3O4/c1-13(2)11-20-19(24)21-18(23)12-22-7-3-4-15(22)14-5-6-16-17(10-14)26-9-8-25-16/h5-6,10,13,15H,3-4,7-9,11-12H2,1-2H3,(H2,20,21,23,24)/p+1/t15-/m0/s1. The summed E-state index contributed by atoms with van der Waals surface area (Å²) in [5.41, 5.74) is 1.15. The smallest absolute Gasteiger partial charge is 0.321 e. The Morgan fingerprint density at radius 1 is 1.23 bits per heavy atom. The number of rotatable bonds is 5. The van der Waals surface area contributed by atoms with Crippen molar-refractivity contribution in [1.29, 1.82) is 0 Å². The lowest BCUT2D eigenvalue weighted by Gasteiger charge is -2.24. The Hall–Kier alpha value is -2.28. The number of benzene rings is 1. The molecule has 0 saturated carbocycles. The third-order valence-corrected chi connectivity index (χ3v) is 4.76. The Labute approximate surface area is 154 Å². The molecule has 0 bridgehead atoms. The van der Waals surface area contributed by atoms with Gasteiger partial charge in [-0.25, -0.2) is 4.79 Å². The predicted molar refractivity (Wildman–Crippen MR) is 96.5 cm³/mol. The molecule has 1 fully saturated rings. The van der Waals surface area contributed by atoms with Gasteiger partial charge in [-0.15, -0.1) is 0 Å². The molecule has 3 rings (SSSR count). The Kier molecular flexibility index (Phi) is 5.98. The van der Waals surface area contributed by atoms with Gasteiger partial charge >= 0.3 is 6.03 Å². The highest BCUT2D eigenvalue weighted by Crippen LogP contribution is 2.33. The van der Waals surface area contributed by atoms with Crippen molar-refractivity contribution in [3.05, 3.63) is 23.8 Å². The van der Waals surface area contributed by atoms with Crippen LogP contribution in [0.3, 0.4) is 0 Å². The number of nitrogens with one attached hydrogen (secondary N) is 3. The quantitative estimate of drug-likeness (QED) is 0.719. The molecule has 1 saturated heterocycles. The number of urea groups is 1. The second-order valence-electron chi connectivity index (χ2n) is 7.33. The zero-order chi connectivity index (χ0) is 18.5. The maximum Gasteiger partial charge on any atom is 0.321 e. The molecule has 2 atom stereocenters. The van der Waals surface area contributed by atoms with E-state index in [0.29, 0.717) is 25.7 Å². The van der Waals surface area contributed by atoms with Crippen molar-refractivity contribution in [3.8, 4) is 11.5 Å². The molecule has 7 heteroatoms. The first-order valence-electron chi connectivity index (χ1n) is 9.34. The van der Waals surface area contributed by atoms with Crippen LogP contribution in [0, 0.1) is 5.92 Å². The molecule has 1 aromatic carbocycles. The van der Waals surface area contributed by atoms with E-state index in [1.165, 1.54) is 4.90 Å². The van der Waals surface area contributed by atoms with E-state index in [1.807, 2.05) is 26.0 Å². The van der Waals surface area contributed by atoms with Crippen molar-refractivity contribution in [2.75, 3.05) is 32.8 Å². The lowest BCUT2D eigenvalue weighted by atomic mass is 10.0. The zero-order valence-corrected chi connectivity index (χ0v) is 15.5. The molecule has 0 aromatic heterocycles. The molecule has 2 aliphatic heterocycles. The maximum absolute atomic E-state index is 12.2. The van der Waals surface area contributed by atoms with E-state index in [-0.39, 0.29) is 18.5 Å². The second kappa shape index (κ2) is 8.40. The maximum atomic E-state index is 12.2. The Morgan fingerprint density at radius 2 is 2.00 bits per heavy atom.